The molecule has 0 fully saturated rings. The number of benzene rings is 1. The van der Waals surface area contributed by atoms with Gasteiger partial charge in [0.15, 0.2) is 0 Å². The minimum atomic E-state index is -0.377. The molecule has 0 amide bonds. The van der Waals surface area contributed by atoms with E-state index in [2.05, 4.69) is 10.3 Å². The summed E-state index contributed by atoms with van der Waals surface area (Å²) in [5.41, 5.74) is 0.404. The third-order valence-electron chi connectivity index (χ3n) is 3.18. The van der Waals surface area contributed by atoms with Gasteiger partial charge in [-0.1, -0.05) is 17.7 Å². The second kappa shape index (κ2) is 5.87. The Bertz CT molecular complexity index is 739. The highest BCUT2D eigenvalue weighted by Crippen LogP contribution is 2.30. The minimum absolute atomic E-state index is 0.208. The number of nitrogens with one attached hydrogen (secondary N) is 1. The van der Waals surface area contributed by atoms with Crippen molar-refractivity contribution in [2.45, 2.75) is 6.04 Å². The predicted octanol–water partition coefficient (Wildman–Crippen LogP) is 4.48. The van der Waals surface area contributed by atoms with Crippen molar-refractivity contribution in [2.24, 2.45) is 7.05 Å². The first kappa shape index (κ1) is 14.1. The molecule has 1 aromatic carbocycles. The Balaban J connectivity index is 1.99. The molecule has 3 aromatic rings. The van der Waals surface area contributed by atoms with Crippen molar-refractivity contribution in [3.05, 3.63) is 69.6 Å². The van der Waals surface area contributed by atoms with Crippen LogP contribution in [0.15, 0.2) is 48.1 Å². The number of imidazole rings is 1. The first-order valence-corrected chi connectivity index (χ1v) is 7.63. The van der Waals surface area contributed by atoms with E-state index >= 15 is 0 Å². The van der Waals surface area contributed by atoms with E-state index in [1.165, 1.54) is 6.07 Å². The standard InChI is InChI=1S/C15H13ClFN3S/c1-20-7-6-18-15(20)14(13-3-2-8-21-13)19-12-5-4-10(16)9-11(12)17/h2-9,14,19H,1H3. The molecule has 0 bridgehead atoms. The van der Waals surface area contributed by atoms with Gasteiger partial charge in [0.25, 0.3) is 0 Å². The van der Waals surface area contributed by atoms with Crippen LogP contribution in [0.2, 0.25) is 5.02 Å². The highest BCUT2D eigenvalue weighted by molar-refractivity contribution is 7.10. The van der Waals surface area contributed by atoms with E-state index in [0.717, 1.165) is 10.7 Å². The number of aromatic nitrogens is 2. The molecular weight excluding hydrogens is 309 g/mol. The summed E-state index contributed by atoms with van der Waals surface area (Å²) in [6, 6.07) is 8.37. The molecule has 0 spiro atoms. The zero-order valence-corrected chi connectivity index (χ0v) is 12.8. The fourth-order valence-electron chi connectivity index (χ4n) is 2.14. The maximum absolute atomic E-state index is 14.0. The fourth-order valence-corrected chi connectivity index (χ4v) is 3.07. The normalized spacial score (nSPS) is 12.3. The van der Waals surface area contributed by atoms with Crippen molar-refractivity contribution in [1.29, 1.82) is 0 Å². The molecule has 0 aliphatic rings. The van der Waals surface area contributed by atoms with Gasteiger partial charge in [-0.25, -0.2) is 9.37 Å². The molecule has 0 radical (unpaired) electrons. The Morgan fingerprint density at radius 2 is 2.24 bits per heavy atom. The number of hydrogen-bond donors (Lipinski definition) is 1. The second-order valence-electron chi connectivity index (χ2n) is 4.61. The van der Waals surface area contributed by atoms with Gasteiger partial charge in [0.1, 0.15) is 17.7 Å². The zero-order chi connectivity index (χ0) is 14.8. The predicted molar refractivity (Wildman–Crippen MR) is 84.4 cm³/mol. The first-order chi connectivity index (χ1) is 10.1. The molecular formula is C15H13ClFN3S. The molecule has 1 atom stereocenters. The highest BCUT2D eigenvalue weighted by Gasteiger charge is 2.20. The monoisotopic (exact) mass is 321 g/mol. The van der Waals surface area contributed by atoms with Crippen LogP contribution in [0.1, 0.15) is 16.7 Å². The van der Waals surface area contributed by atoms with Gasteiger partial charge in [0.05, 0.1) is 5.69 Å². The van der Waals surface area contributed by atoms with Gasteiger partial charge in [-0.05, 0) is 29.6 Å². The van der Waals surface area contributed by atoms with Gasteiger partial charge in [-0.2, -0.15) is 0 Å². The van der Waals surface area contributed by atoms with Crippen LogP contribution in [-0.2, 0) is 7.05 Å². The Morgan fingerprint density at radius 3 is 2.86 bits per heavy atom. The molecule has 2 aromatic heterocycles. The third kappa shape index (κ3) is 2.94. The molecule has 0 saturated carbocycles. The van der Waals surface area contributed by atoms with Crippen LogP contribution >= 0.6 is 22.9 Å². The number of thiophene rings is 1. The van der Waals surface area contributed by atoms with Crippen LogP contribution in [-0.4, -0.2) is 9.55 Å². The number of anilines is 1. The van der Waals surface area contributed by atoms with Crippen LogP contribution in [0.25, 0.3) is 0 Å². The molecule has 6 heteroatoms. The average molecular weight is 322 g/mol. The molecule has 0 aliphatic carbocycles. The number of aryl methyl sites for hydroxylation is 1. The molecule has 108 valence electrons. The van der Waals surface area contributed by atoms with Gasteiger partial charge < -0.3 is 9.88 Å². The Hall–Kier alpha value is -1.85. The molecule has 1 unspecified atom stereocenters. The molecule has 0 saturated heterocycles. The summed E-state index contributed by atoms with van der Waals surface area (Å²) in [5.74, 6) is 0.449. The van der Waals surface area contributed by atoms with Gasteiger partial charge in [0.2, 0.25) is 0 Å². The van der Waals surface area contributed by atoms with E-state index in [9.17, 15) is 4.39 Å². The quantitative estimate of drug-likeness (QED) is 0.768. The zero-order valence-electron chi connectivity index (χ0n) is 11.3. The SMILES string of the molecule is Cn1ccnc1C(Nc1ccc(Cl)cc1F)c1cccs1. The van der Waals surface area contributed by atoms with Crippen molar-refractivity contribution in [1.82, 2.24) is 9.55 Å². The lowest BCUT2D eigenvalue weighted by atomic mass is 10.2. The van der Waals surface area contributed by atoms with Gasteiger partial charge >= 0.3 is 0 Å². The Labute approximate surface area is 131 Å². The van der Waals surface area contributed by atoms with Crippen molar-refractivity contribution < 1.29 is 4.39 Å². The summed E-state index contributed by atoms with van der Waals surface area (Å²) in [7, 11) is 1.92. The molecule has 21 heavy (non-hydrogen) atoms. The summed E-state index contributed by atoms with van der Waals surface area (Å²) >= 11 is 7.40. The van der Waals surface area contributed by atoms with E-state index in [1.807, 2.05) is 35.3 Å². The van der Waals surface area contributed by atoms with Crippen LogP contribution in [0.3, 0.4) is 0 Å². The van der Waals surface area contributed by atoms with Crippen molar-refractivity contribution in [2.75, 3.05) is 5.32 Å². The summed E-state index contributed by atoms with van der Waals surface area (Å²) in [5, 5.41) is 5.58. The van der Waals surface area contributed by atoms with Gasteiger partial charge in [-0.3, -0.25) is 0 Å². The third-order valence-corrected chi connectivity index (χ3v) is 4.35. The number of rotatable bonds is 4. The maximum atomic E-state index is 14.0. The van der Waals surface area contributed by atoms with Crippen molar-refractivity contribution in [3.8, 4) is 0 Å². The van der Waals surface area contributed by atoms with E-state index in [1.54, 1.807) is 29.7 Å². The highest BCUT2D eigenvalue weighted by atomic mass is 35.5. The summed E-state index contributed by atoms with van der Waals surface area (Å²) in [6.45, 7) is 0. The summed E-state index contributed by atoms with van der Waals surface area (Å²) in [4.78, 5) is 5.44. The Kier molecular flexibility index (Phi) is 3.94. The van der Waals surface area contributed by atoms with Crippen molar-refractivity contribution in [3.63, 3.8) is 0 Å². The maximum Gasteiger partial charge on any atom is 0.147 e. The molecule has 1 N–H and O–H groups in total. The fraction of sp³-hybridized carbons (Fsp3) is 0.133. The molecule has 3 rings (SSSR count). The number of halogens is 2. The minimum Gasteiger partial charge on any atom is -0.368 e. The van der Waals surface area contributed by atoms with Crippen LogP contribution in [0.4, 0.5) is 10.1 Å². The smallest absolute Gasteiger partial charge is 0.147 e. The Morgan fingerprint density at radius 1 is 1.38 bits per heavy atom. The van der Waals surface area contributed by atoms with E-state index in [0.29, 0.717) is 10.7 Å². The topological polar surface area (TPSA) is 29.9 Å². The van der Waals surface area contributed by atoms with E-state index < -0.39 is 0 Å². The lowest BCUT2D eigenvalue weighted by molar-refractivity contribution is 0.627. The van der Waals surface area contributed by atoms with Crippen LogP contribution in [0, 0.1) is 5.82 Å². The summed E-state index contributed by atoms with van der Waals surface area (Å²) < 4.78 is 15.9. The van der Waals surface area contributed by atoms with Gasteiger partial charge in [0, 0.05) is 29.3 Å². The van der Waals surface area contributed by atoms with E-state index in [4.69, 9.17) is 11.6 Å². The largest absolute Gasteiger partial charge is 0.368 e. The lowest BCUT2D eigenvalue weighted by Gasteiger charge is -2.19. The first-order valence-electron chi connectivity index (χ1n) is 6.37. The number of nitrogens with zero attached hydrogens (tertiary/aromatic N) is 2. The van der Waals surface area contributed by atoms with Gasteiger partial charge in [-0.15, -0.1) is 11.3 Å². The van der Waals surface area contributed by atoms with Crippen LogP contribution in [0.5, 0.6) is 0 Å². The summed E-state index contributed by atoms with van der Waals surface area (Å²) in [6.07, 6.45) is 3.60. The molecule has 3 nitrogen and oxygen atoms in total. The lowest BCUT2D eigenvalue weighted by Crippen LogP contribution is -2.16. The molecule has 0 aliphatic heterocycles. The average Bonchev–Trinajstić information content (AvgIpc) is 3.10. The van der Waals surface area contributed by atoms with Crippen molar-refractivity contribution >= 4 is 28.6 Å². The molecule has 2 heterocycles. The van der Waals surface area contributed by atoms with Crippen LogP contribution < -0.4 is 5.32 Å². The van der Waals surface area contributed by atoms with E-state index in [-0.39, 0.29) is 11.9 Å². The second-order valence-corrected chi connectivity index (χ2v) is 6.03. The number of hydrogen-bond acceptors (Lipinski definition) is 3.